The number of aromatic nitrogens is 1. The Kier molecular flexibility index (Phi) is 3.47. The number of fused-ring (bicyclic) bond motifs is 5. The summed E-state index contributed by atoms with van der Waals surface area (Å²) in [6.45, 7) is 2.94. The molecule has 4 nitrogen and oxygen atoms in total. The third-order valence-corrected chi connectivity index (χ3v) is 5.60. The van der Waals surface area contributed by atoms with Crippen LogP contribution in [0.1, 0.15) is 34.6 Å². The molecule has 0 saturated heterocycles. The number of ketones is 1. The van der Waals surface area contributed by atoms with E-state index in [0.29, 0.717) is 11.1 Å². The fourth-order valence-corrected chi connectivity index (χ4v) is 4.37. The Morgan fingerprint density at radius 3 is 2.78 bits per heavy atom. The Labute approximate surface area is 157 Å². The Hall–Kier alpha value is -3.27. The van der Waals surface area contributed by atoms with E-state index in [-0.39, 0.29) is 17.6 Å². The fourth-order valence-electron chi connectivity index (χ4n) is 4.37. The molecule has 2 aliphatic rings. The van der Waals surface area contributed by atoms with Gasteiger partial charge in [-0.1, -0.05) is 30.3 Å². The summed E-state index contributed by atoms with van der Waals surface area (Å²) in [5.41, 5.74) is 5.85. The number of Topliss-reactive ketones (excluding diaryl/α,β-unsaturated/α-hetero) is 1. The first-order valence-electron chi connectivity index (χ1n) is 9.21. The van der Waals surface area contributed by atoms with Crippen molar-refractivity contribution in [2.24, 2.45) is 0 Å². The molecular formula is C23H20N2O2. The second-order valence-electron chi connectivity index (χ2n) is 7.27. The van der Waals surface area contributed by atoms with E-state index in [9.17, 15) is 9.90 Å². The van der Waals surface area contributed by atoms with Gasteiger partial charge in [-0.2, -0.15) is 0 Å². The number of allylic oxidation sites excluding steroid dienone is 2. The minimum Gasteiger partial charge on any atom is -0.507 e. The van der Waals surface area contributed by atoms with E-state index in [0.717, 1.165) is 24.1 Å². The molecule has 4 heteroatoms. The molecule has 27 heavy (non-hydrogen) atoms. The lowest BCUT2D eigenvalue weighted by Gasteiger charge is -2.38. The smallest absolute Gasteiger partial charge is 0.198 e. The van der Waals surface area contributed by atoms with Crippen LogP contribution in [-0.2, 0) is 6.42 Å². The van der Waals surface area contributed by atoms with Crippen LogP contribution in [0.25, 0.3) is 10.9 Å². The normalized spacial score (nSPS) is 18.6. The molecule has 0 saturated carbocycles. The van der Waals surface area contributed by atoms with Crippen LogP contribution in [0.4, 0.5) is 0 Å². The molecule has 3 heterocycles. The first-order chi connectivity index (χ1) is 13.1. The average molecular weight is 356 g/mol. The molecular weight excluding hydrogens is 336 g/mol. The monoisotopic (exact) mass is 356 g/mol. The Morgan fingerprint density at radius 2 is 1.93 bits per heavy atom. The zero-order valence-corrected chi connectivity index (χ0v) is 15.1. The van der Waals surface area contributed by atoms with E-state index in [1.165, 1.54) is 16.6 Å². The summed E-state index contributed by atoms with van der Waals surface area (Å²) < 4.78 is 0. The van der Waals surface area contributed by atoms with Gasteiger partial charge >= 0.3 is 0 Å². The summed E-state index contributed by atoms with van der Waals surface area (Å²) in [4.78, 5) is 18.7. The van der Waals surface area contributed by atoms with Crippen LogP contribution in [0.3, 0.4) is 0 Å². The maximum Gasteiger partial charge on any atom is 0.198 e. The van der Waals surface area contributed by atoms with Crippen molar-refractivity contribution in [3.05, 3.63) is 88.8 Å². The van der Waals surface area contributed by atoms with Crippen LogP contribution in [-0.4, -0.2) is 27.3 Å². The third kappa shape index (κ3) is 2.40. The van der Waals surface area contributed by atoms with Crippen LogP contribution >= 0.6 is 0 Å². The highest BCUT2D eigenvalue weighted by Gasteiger charge is 2.33. The second-order valence-corrected chi connectivity index (χ2v) is 7.27. The summed E-state index contributed by atoms with van der Waals surface area (Å²) in [6.07, 6.45) is 4.84. The largest absolute Gasteiger partial charge is 0.507 e. The van der Waals surface area contributed by atoms with Crippen molar-refractivity contribution in [2.45, 2.75) is 19.4 Å². The van der Waals surface area contributed by atoms with E-state index in [4.69, 9.17) is 0 Å². The number of H-pyrrole nitrogens is 1. The molecule has 1 unspecified atom stereocenters. The molecule has 2 N–H and O–H groups in total. The van der Waals surface area contributed by atoms with Crippen LogP contribution in [0.2, 0.25) is 0 Å². The SMILES string of the molecule is CC1=CC(C(=O)c2ccccc2O)=CN2CCc3c([nH]c4ccccc34)C12. The lowest BCUT2D eigenvalue weighted by atomic mass is 9.88. The van der Waals surface area contributed by atoms with Crippen LogP contribution in [0, 0.1) is 0 Å². The molecule has 0 spiro atoms. The van der Waals surface area contributed by atoms with Gasteiger partial charge in [-0.05, 0) is 48.8 Å². The number of carbonyl (C=O) groups excluding carboxylic acids is 1. The molecule has 2 aliphatic heterocycles. The molecule has 2 aromatic carbocycles. The topological polar surface area (TPSA) is 56.3 Å². The van der Waals surface area contributed by atoms with Gasteiger partial charge in [0, 0.05) is 34.9 Å². The first-order valence-corrected chi connectivity index (χ1v) is 9.21. The lowest BCUT2D eigenvalue weighted by Crippen LogP contribution is -2.34. The summed E-state index contributed by atoms with van der Waals surface area (Å²) in [6, 6.07) is 15.3. The minimum absolute atomic E-state index is 0.0214. The number of hydrogen-bond acceptors (Lipinski definition) is 3. The van der Waals surface area contributed by atoms with Crippen LogP contribution in [0.15, 0.2) is 72.0 Å². The molecule has 1 aromatic heterocycles. The predicted octanol–water partition coefficient (Wildman–Crippen LogP) is 4.50. The van der Waals surface area contributed by atoms with Gasteiger partial charge in [0.2, 0.25) is 0 Å². The zero-order chi connectivity index (χ0) is 18.5. The summed E-state index contributed by atoms with van der Waals surface area (Å²) >= 11 is 0. The summed E-state index contributed by atoms with van der Waals surface area (Å²) in [5, 5.41) is 11.3. The van der Waals surface area contributed by atoms with Crippen molar-refractivity contribution in [3.8, 4) is 5.75 Å². The molecule has 0 fully saturated rings. The van der Waals surface area contributed by atoms with Gasteiger partial charge in [0.1, 0.15) is 5.75 Å². The third-order valence-electron chi connectivity index (χ3n) is 5.60. The Balaban J connectivity index is 1.56. The van der Waals surface area contributed by atoms with Crippen molar-refractivity contribution >= 4 is 16.7 Å². The van der Waals surface area contributed by atoms with Crippen molar-refractivity contribution in [1.82, 2.24) is 9.88 Å². The van der Waals surface area contributed by atoms with E-state index in [2.05, 4.69) is 41.1 Å². The number of carbonyl (C=O) groups is 1. The molecule has 134 valence electrons. The average Bonchev–Trinajstić information content (AvgIpc) is 3.06. The number of aromatic amines is 1. The quantitative estimate of drug-likeness (QED) is 0.665. The van der Waals surface area contributed by atoms with Crippen molar-refractivity contribution < 1.29 is 9.90 Å². The van der Waals surface area contributed by atoms with Crippen molar-refractivity contribution in [1.29, 1.82) is 0 Å². The predicted molar refractivity (Wildman–Crippen MR) is 106 cm³/mol. The summed E-state index contributed by atoms with van der Waals surface area (Å²) in [5.74, 6) is -0.124. The molecule has 0 bridgehead atoms. The zero-order valence-electron chi connectivity index (χ0n) is 15.1. The standard InChI is InChI=1S/C23H20N2O2/c1-14-12-15(23(27)18-7-3-5-9-20(18)26)13-25-11-10-17-16-6-2-4-8-19(16)24-21(17)22(14)25/h2-9,12-13,22,24,26H,10-11H2,1H3. The highest BCUT2D eigenvalue weighted by atomic mass is 16.3. The Morgan fingerprint density at radius 1 is 1.15 bits per heavy atom. The van der Waals surface area contributed by atoms with E-state index >= 15 is 0 Å². The van der Waals surface area contributed by atoms with Crippen LogP contribution in [0.5, 0.6) is 5.75 Å². The second kappa shape index (κ2) is 5.88. The molecule has 0 radical (unpaired) electrons. The lowest BCUT2D eigenvalue weighted by molar-refractivity contribution is 0.103. The maximum absolute atomic E-state index is 12.9. The van der Waals surface area contributed by atoms with E-state index < -0.39 is 0 Å². The Bertz CT molecular complexity index is 1140. The number of phenols is 1. The van der Waals surface area contributed by atoms with Gasteiger partial charge in [0.05, 0.1) is 11.6 Å². The van der Waals surface area contributed by atoms with Gasteiger partial charge in [-0.25, -0.2) is 0 Å². The van der Waals surface area contributed by atoms with Gasteiger partial charge in [-0.3, -0.25) is 4.79 Å². The highest BCUT2D eigenvalue weighted by molar-refractivity contribution is 6.12. The minimum atomic E-state index is -0.145. The van der Waals surface area contributed by atoms with E-state index in [1.807, 2.05) is 12.3 Å². The highest BCUT2D eigenvalue weighted by Crippen LogP contribution is 2.41. The van der Waals surface area contributed by atoms with Gasteiger partial charge in [-0.15, -0.1) is 0 Å². The van der Waals surface area contributed by atoms with Crippen molar-refractivity contribution in [2.75, 3.05) is 6.54 Å². The number of aromatic hydroxyl groups is 1. The number of para-hydroxylation sites is 2. The number of hydrogen-bond donors (Lipinski definition) is 2. The molecule has 0 aliphatic carbocycles. The molecule has 3 aromatic rings. The maximum atomic E-state index is 12.9. The van der Waals surface area contributed by atoms with Gasteiger partial charge < -0.3 is 15.0 Å². The first kappa shape index (κ1) is 15.9. The molecule has 0 amide bonds. The fraction of sp³-hybridized carbons (Fsp3) is 0.174. The van der Waals surface area contributed by atoms with Crippen LogP contribution < -0.4 is 0 Å². The number of rotatable bonds is 2. The number of nitrogens with one attached hydrogen (secondary N) is 1. The van der Waals surface area contributed by atoms with Crippen molar-refractivity contribution in [3.63, 3.8) is 0 Å². The molecule has 1 atom stereocenters. The number of benzene rings is 2. The summed E-state index contributed by atoms with van der Waals surface area (Å²) in [7, 11) is 0. The number of phenolic OH excluding ortho intramolecular Hbond substituents is 1. The van der Waals surface area contributed by atoms with Gasteiger partial charge in [0.25, 0.3) is 0 Å². The molecule has 5 rings (SSSR count). The van der Waals surface area contributed by atoms with Gasteiger partial charge in [0.15, 0.2) is 5.78 Å². The van der Waals surface area contributed by atoms with E-state index in [1.54, 1.807) is 24.3 Å². The number of nitrogens with zero attached hydrogens (tertiary/aromatic N) is 1.